The van der Waals surface area contributed by atoms with E-state index in [0.717, 1.165) is 12.3 Å². The van der Waals surface area contributed by atoms with Gasteiger partial charge in [-0.2, -0.15) is 0 Å². The van der Waals surface area contributed by atoms with Gasteiger partial charge in [0.25, 0.3) is 0 Å². The van der Waals surface area contributed by atoms with Gasteiger partial charge >= 0.3 is 0 Å². The summed E-state index contributed by atoms with van der Waals surface area (Å²) in [7, 11) is 0. The quantitative estimate of drug-likeness (QED) is 0.921. The van der Waals surface area contributed by atoms with E-state index in [1.807, 2.05) is 12.1 Å². The van der Waals surface area contributed by atoms with E-state index in [4.69, 9.17) is 5.73 Å². The van der Waals surface area contributed by atoms with E-state index in [9.17, 15) is 4.39 Å². The highest BCUT2D eigenvalue weighted by molar-refractivity contribution is 5.19. The lowest BCUT2D eigenvalue weighted by atomic mass is 9.83. The third-order valence-corrected chi connectivity index (χ3v) is 5.64. The summed E-state index contributed by atoms with van der Waals surface area (Å²) < 4.78 is 13.1. The zero-order valence-electron chi connectivity index (χ0n) is 13.0. The minimum atomic E-state index is -0.165. The SMILES string of the molecule is CC(CN)(Cc1ccc(F)cc1)N1CCC2CCCCC21. The second-order valence-electron chi connectivity index (χ2n) is 7.10. The van der Waals surface area contributed by atoms with E-state index >= 15 is 0 Å². The van der Waals surface area contributed by atoms with Crippen LogP contribution in [0.25, 0.3) is 0 Å². The molecule has 0 radical (unpaired) electrons. The molecule has 1 aromatic rings. The van der Waals surface area contributed by atoms with Crippen molar-refractivity contribution in [3.05, 3.63) is 35.6 Å². The molecular weight excluding hydrogens is 263 g/mol. The average molecular weight is 290 g/mol. The van der Waals surface area contributed by atoms with Gasteiger partial charge in [-0.05, 0) is 62.8 Å². The van der Waals surface area contributed by atoms with E-state index in [1.165, 1.54) is 44.2 Å². The minimum absolute atomic E-state index is 0.00537. The van der Waals surface area contributed by atoms with Crippen molar-refractivity contribution in [2.45, 2.75) is 57.0 Å². The fourth-order valence-corrected chi connectivity index (χ4v) is 4.41. The van der Waals surface area contributed by atoms with E-state index < -0.39 is 0 Å². The van der Waals surface area contributed by atoms with Crippen LogP contribution in [0.1, 0.15) is 44.6 Å². The van der Waals surface area contributed by atoms with Crippen molar-refractivity contribution in [1.29, 1.82) is 0 Å². The van der Waals surface area contributed by atoms with Gasteiger partial charge in [0, 0.05) is 18.1 Å². The van der Waals surface area contributed by atoms with Gasteiger partial charge in [0.15, 0.2) is 0 Å². The molecule has 2 fully saturated rings. The lowest BCUT2D eigenvalue weighted by Crippen LogP contribution is -2.56. The molecule has 2 aliphatic rings. The molecule has 1 heterocycles. The fraction of sp³-hybridized carbons (Fsp3) is 0.667. The Labute approximate surface area is 127 Å². The molecule has 1 aliphatic carbocycles. The number of fused-ring (bicyclic) bond motifs is 1. The molecule has 3 rings (SSSR count). The van der Waals surface area contributed by atoms with E-state index in [1.54, 1.807) is 12.1 Å². The Morgan fingerprint density at radius 2 is 1.90 bits per heavy atom. The lowest BCUT2D eigenvalue weighted by Gasteiger charge is -2.44. The Morgan fingerprint density at radius 1 is 1.19 bits per heavy atom. The number of hydrogen-bond acceptors (Lipinski definition) is 2. The molecule has 1 aliphatic heterocycles. The standard InChI is InChI=1S/C18H27FN2/c1-18(13-20,12-14-6-8-16(19)9-7-14)21-11-10-15-4-2-3-5-17(15)21/h6-9,15,17H,2-5,10-13,20H2,1H3. The number of likely N-dealkylation sites (tertiary alicyclic amines) is 1. The molecule has 0 amide bonds. The highest BCUT2D eigenvalue weighted by atomic mass is 19.1. The van der Waals surface area contributed by atoms with Crippen LogP contribution in [0.3, 0.4) is 0 Å². The molecule has 3 heteroatoms. The number of rotatable bonds is 4. The van der Waals surface area contributed by atoms with Crippen LogP contribution in [0.4, 0.5) is 4.39 Å². The fourth-order valence-electron chi connectivity index (χ4n) is 4.41. The first kappa shape index (κ1) is 15.0. The zero-order valence-corrected chi connectivity index (χ0v) is 13.0. The van der Waals surface area contributed by atoms with Crippen LogP contribution < -0.4 is 5.73 Å². The summed E-state index contributed by atoms with van der Waals surface area (Å²) in [5, 5.41) is 0. The van der Waals surface area contributed by atoms with Crippen LogP contribution >= 0.6 is 0 Å². The van der Waals surface area contributed by atoms with Crippen LogP contribution in [-0.4, -0.2) is 29.6 Å². The summed E-state index contributed by atoms with van der Waals surface area (Å²) in [6.07, 6.45) is 7.69. The molecule has 3 atom stereocenters. The molecule has 2 nitrogen and oxygen atoms in total. The van der Waals surface area contributed by atoms with Crippen molar-refractivity contribution >= 4 is 0 Å². The van der Waals surface area contributed by atoms with Crippen LogP contribution in [-0.2, 0) is 6.42 Å². The van der Waals surface area contributed by atoms with Crippen molar-refractivity contribution in [1.82, 2.24) is 4.90 Å². The Hall–Kier alpha value is -0.930. The Morgan fingerprint density at radius 3 is 2.62 bits per heavy atom. The molecule has 2 N–H and O–H groups in total. The van der Waals surface area contributed by atoms with Crippen LogP contribution in [0.5, 0.6) is 0 Å². The predicted octanol–water partition coefficient (Wildman–Crippen LogP) is 3.35. The topological polar surface area (TPSA) is 29.3 Å². The maximum Gasteiger partial charge on any atom is 0.123 e. The Bertz CT molecular complexity index is 473. The molecule has 0 aromatic heterocycles. The normalized spacial score (nSPS) is 29.1. The van der Waals surface area contributed by atoms with Crippen LogP contribution in [0.2, 0.25) is 0 Å². The second-order valence-corrected chi connectivity index (χ2v) is 7.10. The molecule has 0 bridgehead atoms. The van der Waals surface area contributed by atoms with Crippen LogP contribution in [0.15, 0.2) is 24.3 Å². The highest BCUT2D eigenvalue weighted by Crippen LogP contribution is 2.40. The smallest absolute Gasteiger partial charge is 0.123 e. The molecule has 116 valence electrons. The van der Waals surface area contributed by atoms with Gasteiger partial charge in [0.1, 0.15) is 5.82 Å². The third-order valence-electron chi connectivity index (χ3n) is 5.64. The first-order chi connectivity index (χ1) is 10.1. The number of halogens is 1. The van der Waals surface area contributed by atoms with Crippen molar-refractivity contribution in [2.24, 2.45) is 11.7 Å². The lowest BCUT2D eigenvalue weighted by molar-refractivity contribution is 0.0673. The van der Waals surface area contributed by atoms with Crippen molar-refractivity contribution in [2.75, 3.05) is 13.1 Å². The summed E-state index contributed by atoms with van der Waals surface area (Å²) >= 11 is 0. The van der Waals surface area contributed by atoms with Gasteiger partial charge in [0.2, 0.25) is 0 Å². The largest absolute Gasteiger partial charge is 0.329 e. The van der Waals surface area contributed by atoms with Crippen molar-refractivity contribution in [3.8, 4) is 0 Å². The molecule has 0 spiro atoms. The Balaban J connectivity index is 1.77. The van der Waals surface area contributed by atoms with Crippen LogP contribution in [0, 0.1) is 11.7 Å². The number of hydrogen-bond donors (Lipinski definition) is 1. The average Bonchev–Trinajstić information content (AvgIpc) is 2.94. The van der Waals surface area contributed by atoms with Crippen molar-refractivity contribution in [3.63, 3.8) is 0 Å². The zero-order chi connectivity index (χ0) is 14.9. The van der Waals surface area contributed by atoms with Gasteiger partial charge in [0.05, 0.1) is 0 Å². The second kappa shape index (κ2) is 6.05. The minimum Gasteiger partial charge on any atom is -0.329 e. The Kier molecular flexibility index (Phi) is 4.32. The van der Waals surface area contributed by atoms with Gasteiger partial charge < -0.3 is 5.73 Å². The summed E-state index contributed by atoms with van der Waals surface area (Å²) in [4.78, 5) is 2.67. The first-order valence-electron chi connectivity index (χ1n) is 8.34. The van der Waals surface area contributed by atoms with Gasteiger partial charge in [-0.1, -0.05) is 25.0 Å². The molecule has 21 heavy (non-hydrogen) atoms. The van der Waals surface area contributed by atoms with Gasteiger partial charge in [-0.25, -0.2) is 4.39 Å². The number of nitrogens with zero attached hydrogens (tertiary/aromatic N) is 1. The maximum atomic E-state index is 13.1. The van der Waals surface area contributed by atoms with Gasteiger partial charge in [-0.15, -0.1) is 0 Å². The summed E-state index contributed by atoms with van der Waals surface area (Å²) in [6, 6.07) is 7.63. The summed E-state index contributed by atoms with van der Waals surface area (Å²) in [6.45, 7) is 4.12. The molecule has 1 saturated heterocycles. The maximum absolute atomic E-state index is 13.1. The third kappa shape index (κ3) is 3.00. The molecular formula is C18H27FN2. The first-order valence-corrected chi connectivity index (χ1v) is 8.34. The number of nitrogens with two attached hydrogens (primary N) is 1. The predicted molar refractivity (Wildman–Crippen MR) is 84.6 cm³/mol. The van der Waals surface area contributed by atoms with Gasteiger partial charge in [-0.3, -0.25) is 4.90 Å². The van der Waals surface area contributed by atoms with E-state index in [2.05, 4.69) is 11.8 Å². The molecule has 1 saturated carbocycles. The molecule has 1 aromatic carbocycles. The molecule has 3 unspecified atom stereocenters. The monoisotopic (exact) mass is 290 g/mol. The summed E-state index contributed by atoms with van der Waals surface area (Å²) in [5.74, 6) is 0.708. The highest BCUT2D eigenvalue weighted by Gasteiger charge is 2.43. The van der Waals surface area contributed by atoms with Crippen molar-refractivity contribution < 1.29 is 4.39 Å². The van der Waals surface area contributed by atoms with E-state index in [-0.39, 0.29) is 11.4 Å². The van der Waals surface area contributed by atoms with E-state index in [0.29, 0.717) is 12.6 Å². The number of benzene rings is 1. The summed E-state index contributed by atoms with van der Waals surface area (Å²) in [5.41, 5.74) is 7.35.